The number of furan rings is 2. The number of hydrogen-bond acceptors (Lipinski definition) is 5. The number of nitrogens with zero attached hydrogens (tertiary/aromatic N) is 4. The highest BCUT2D eigenvalue weighted by molar-refractivity contribution is 6.15. The van der Waals surface area contributed by atoms with Crippen molar-refractivity contribution in [1.29, 1.82) is 0 Å². The molecule has 13 aromatic rings. The number of para-hydroxylation sites is 2. The second-order valence-corrected chi connectivity index (χ2v) is 15.1. The summed E-state index contributed by atoms with van der Waals surface area (Å²) in [5, 5.41) is 1.92. The van der Waals surface area contributed by atoms with Gasteiger partial charge in [0.05, 0.1) is 37.2 Å². The molecule has 0 spiro atoms. The molecule has 0 amide bonds. The van der Waals surface area contributed by atoms with E-state index in [0.717, 1.165) is 33.0 Å². The predicted octanol–water partition coefficient (Wildman–Crippen LogP) is 15.1. The van der Waals surface area contributed by atoms with Gasteiger partial charge in [-0.05, 0) is 76.8 Å². The lowest BCUT2D eigenvalue weighted by Crippen LogP contribution is -2.00. The zero-order valence-corrected chi connectivity index (χ0v) is 32.9. The van der Waals surface area contributed by atoms with Gasteiger partial charge in [0.1, 0.15) is 22.3 Å². The van der Waals surface area contributed by atoms with Gasteiger partial charge in [-0.3, -0.25) is 0 Å². The van der Waals surface area contributed by atoms with E-state index in [2.05, 4.69) is 18.2 Å². The van der Waals surface area contributed by atoms with Crippen LogP contribution >= 0.6 is 0 Å². The normalized spacial score (nSPS) is 14.3. The SMILES string of the molecule is [2H]c1cc2c(oc3c([2H])c([2H])c([2H])c(-n4c5ccc([2H])c([2H])c5c5c([2H])c([2H])c([2H])c([2H])c54)c32)c([2H])c1-c1nc(-c2ccc(-c3ccccc3)cc2)nc(-c2ccc3c(c2)oc2cccc(-c4ccccc4)c23)n1. The summed E-state index contributed by atoms with van der Waals surface area (Å²) in [7, 11) is 0. The van der Waals surface area contributed by atoms with E-state index >= 15 is 0 Å². The summed E-state index contributed by atoms with van der Waals surface area (Å²) < 4.78 is 114. The van der Waals surface area contributed by atoms with E-state index in [0.29, 0.717) is 22.3 Å². The van der Waals surface area contributed by atoms with Crippen molar-refractivity contribution in [2.45, 2.75) is 0 Å². The minimum atomic E-state index is -0.586. The fourth-order valence-electron chi connectivity index (χ4n) is 8.57. The van der Waals surface area contributed by atoms with Crippen LogP contribution in [0.2, 0.25) is 0 Å². The summed E-state index contributed by atoms with van der Waals surface area (Å²) in [5.41, 5.74) is 6.01. The van der Waals surface area contributed by atoms with Gasteiger partial charge in [0, 0.05) is 43.6 Å². The zero-order chi connectivity index (χ0) is 51.0. The van der Waals surface area contributed by atoms with Crippen LogP contribution in [0.4, 0.5) is 0 Å². The summed E-state index contributed by atoms with van der Waals surface area (Å²) in [6.45, 7) is 0. The molecule has 0 aliphatic rings. The van der Waals surface area contributed by atoms with Gasteiger partial charge in [0.25, 0.3) is 0 Å². The molecule has 9 aromatic carbocycles. The Morgan fingerprint density at radius 2 is 1.05 bits per heavy atom. The summed E-state index contributed by atoms with van der Waals surface area (Å²) in [6, 6.07) is 38.8. The molecule has 294 valence electrons. The molecule has 0 saturated heterocycles. The Hall–Kier alpha value is -8.61. The molecular formula is C57H34N4O2. The lowest BCUT2D eigenvalue weighted by atomic mass is 9.99. The summed E-state index contributed by atoms with van der Waals surface area (Å²) in [4.78, 5) is 14.8. The van der Waals surface area contributed by atoms with Crippen LogP contribution in [0.5, 0.6) is 0 Å². The van der Waals surface area contributed by atoms with Gasteiger partial charge in [-0.2, -0.15) is 0 Å². The number of aromatic nitrogens is 4. The minimum absolute atomic E-state index is 0.0253. The van der Waals surface area contributed by atoms with Crippen molar-refractivity contribution < 1.29 is 23.9 Å². The van der Waals surface area contributed by atoms with Gasteiger partial charge >= 0.3 is 0 Å². The maximum atomic E-state index is 9.80. The zero-order valence-electron chi connectivity index (χ0n) is 43.9. The Morgan fingerprint density at radius 3 is 1.89 bits per heavy atom. The molecule has 0 unspecified atom stereocenters. The van der Waals surface area contributed by atoms with Crippen molar-refractivity contribution in [3.05, 3.63) is 206 Å². The molecule has 6 heteroatoms. The maximum absolute atomic E-state index is 9.80. The minimum Gasteiger partial charge on any atom is -0.456 e. The van der Waals surface area contributed by atoms with Crippen LogP contribution in [0.1, 0.15) is 15.1 Å². The standard InChI is InChI=1S/C57H34N4O2/c1-3-13-35(14-4-1)36-25-27-38(28-26-36)55-58-56(39-29-31-44-51(33-39)62-49-23-11-19-41(53(44)49)37-15-5-2-6-16-37)60-57(59-55)40-30-32-45-52(34-40)63-50-24-12-22-48(54(45)50)61-46-20-9-7-17-42(46)43-18-8-10-21-47(43)61/h1-34H/i7D,8D,9D,12D,17D,18D,20D,22D,24D,30D,34D. The molecule has 63 heavy (non-hydrogen) atoms. The molecule has 4 aromatic heterocycles. The highest BCUT2D eigenvalue weighted by Gasteiger charge is 2.20. The Labute approximate surface area is 376 Å². The molecule has 6 nitrogen and oxygen atoms in total. The molecule has 0 N–H and O–H groups in total. The monoisotopic (exact) mass is 817 g/mol. The average Bonchev–Trinajstić information content (AvgIpc) is 4.11. The quantitative estimate of drug-likeness (QED) is 0.167. The Balaban J connectivity index is 1.05. The van der Waals surface area contributed by atoms with Gasteiger partial charge < -0.3 is 13.4 Å². The average molecular weight is 818 g/mol. The van der Waals surface area contributed by atoms with E-state index in [1.54, 1.807) is 0 Å². The number of benzene rings is 9. The van der Waals surface area contributed by atoms with E-state index < -0.39 is 42.3 Å². The van der Waals surface area contributed by atoms with Gasteiger partial charge in [0.15, 0.2) is 17.5 Å². The first-order chi connectivity index (χ1) is 35.8. The van der Waals surface area contributed by atoms with E-state index in [-0.39, 0.29) is 96.6 Å². The van der Waals surface area contributed by atoms with Crippen LogP contribution in [0.25, 0.3) is 128 Å². The third-order valence-corrected chi connectivity index (χ3v) is 11.5. The van der Waals surface area contributed by atoms with Crippen LogP contribution in [-0.2, 0) is 0 Å². The number of rotatable bonds is 6. The first-order valence-corrected chi connectivity index (χ1v) is 20.2. The van der Waals surface area contributed by atoms with Crippen LogP contribution in [0.15, 0.2) is 215 Å². The molecule has 13 rings (SSSR count). The van der Waals surface area contributed by atoms with Crippen LogP contribution < -0.4 is 0 Å². The van der Waals surface area contributed by atoms with Gasteiger partial charge in [-0.25, -0.2) is 15.0 Å². The highest BCUT2D eigenvalue weighted by atomic mass is 16.3. The van der Waals surface area contributed by atoms with E-state index in [1.165, 1.54) is 22.8 Å². The molecule has 0 aliphatic carbocycles. The molecule has 0 atom stereocenters. The number of fused-ring (bicyclic) bond motifs is 9. The van der Waals surface area contributed by atoms with Crippen LogP contribution in [-0.4, -0.2) is 19.5 Å². The van der Waals surface area contributed by atoms with Gasteiger partial charge in [-0.15, -0.1) is 0 Å². The van der Waals surface area contributed by atoms with Crippen molar-refractivity contribution in [3.8, 4) is 62.1 Å². The van der Waals surface area contributed by atoms with Crippen molar-refractivity contribution >= 4 is 65.7 Å². The first kappa shape index (κ1) is 25.9. The largest absolute Gasteiger partial charge is 0.456 e. The Bertz CT molecular complexity index is 4560. The lowest BCUT2D eigenvalue weighted by molar-refractivity contribution is 0.668. The van der Waals surface area contributed by atoms with Crippen molar-refractivity contribution in [2.24, 2.45) is 0 Å². The molecule has 0 saturated carbocycles. The smallest absolute Gasteiger partial charge is 0.164 e. The van der Waals surface area contributed by atoms with Gasteiger partial charge in [0.2, 0.25) is 0 Å². The fourth-order valence-corrected chi connectivity index (χ4v) is 8.57. The van der Waals surface area contributed by atoms with Crippen LogP contribution in [0, 0.1) is 0 Å². The topological polar surface area (TPSA) is 69.9 Å². The van der Waals surface area contributed by atoms with Crippen molar-refractivity contribution in [1.82, 2.24) is 19.5 Å². The third kappa shape index (κ3) is 5.69. The lowest BCUT2D eigenvalue weighted by Gasteiger charge is -2.10. The molecule has 0 radical (unpaired) electrons. The highest BCUT2D eigenvalue weighted by Crippen LogP contribution is 2.41. The summed E-state index contributed by atoms with van der Waals surface area (Å²) in [5.74, 6) is 0.435. The second kappa shape index (κ2) is 14.0. The van der Waals surface area contributed by atoms with E-state index in [9.17, 15) is 4.11 Å². The second-order valence-electron chi connectivity index (χ2n) is 15.1. The molecule has 0 aliphatic heterocycles. The third-order valence-electron chi connectivity index (χ3n) is 11.5. The number of hydrogen-bond donors (Lipinski definition) is 0. The van der Waals surface area contributed by atoms with Crippen LogP contribution in [0.3, 0.4) is 0 Å². The summed E-state index contributed by atoms with van der Waals surface area (Å²) in [6.07, 6.45) is 0. The first-order valence-electron chi connectivity index (χ1n) is 25.7. The van der Waals surface area contributed by atoms with E-state index in [4.69, 9.17) is 34.8 Å². The molecular weight excluding hydrogens is 773 g/mol. The Morgan fingerprint density at radius 1 is 0.381 bits per heavy atom. The van der Waals surface area contributed by atoms with Crippen molar-refractivity contribution in [3.63, 3.8) is 0 Å². The predicted molar refractivity (Wildman–Crippen MR) is 256 cm³/mol. The molecule has 0 bridgehead atoms. The van der Waals surface area contributed by atoms with E-state index in [1.807, 2.05) is 103 Å². The van der Waals surface area contributed by atoms with Gasteiger partial charge in [-0.1, -0.05) is 151 Å². The maximum Gasteiger partial charge on any atom is 0.164 e. The van der Waals surface area contributed by atoms with Crippen molar-refractivity contribution in [2.75, 3.05) is 0 Å². The molecule has 4 heterocycles. The Kier molecular flexibility index (Phi) is 5.74. The fraction of sp³-hybridized carbons (Fsp3) is 0. The summed E-state index contributed by atoms with van der Waals surface area (Å²) >= 11 is 0. The molecule has 0 fully saturated rings.